The van der Waals surface area contributed by atoms with Crippen molar-refractivity contribution in [1.29, 1.82) is 0 Å². The fourth-order valence-electron chi connectivity index (χ4n) is 6.12. The van der Waals surface area contributed by atoms with Gasteiger partial charge in [-0.1, -0.05) is 127 Å². The summed E-state index contributed by atoms with van der Waals surface area (Å²) < 4.78 is 0. The second-order valence-electron chi connectivity index (χ2n) is 9.57. The normalized spacial score (nSPS) is 15.7. The molecule has 0 N–H and O–H groups in total. The average Bonchev–Trinajstić information content (AvgIpc) is 3.30. The highest BCUT2D eigenvalue weighted by atomic mass is 14.6. The Bertz CT molecular complexity index is 1650. The lowest BCUT2D eigenvalue weighted by molar-refractivity contribution is 0.766. The van der Waals surface area contributed by atoms with Crippen molar-refractivity contribution in [3.05, 3.63) is 174 Å². The molecule has 0 saturated heterocycles. The number of hydrogen-bond acceptors (Lipinski definition) is 1. The molecule has 1 heterocycles. The predicted octanol–water partition coefficient (Wildman–Crippen LogP) is 8.78. The first-order valence-electron chi connectivity index (χ1n) is 12.7. The molecule has 0 bridgehead atoms. The van der Waals surface area contributed by atoms with E-state index in [0.29, 0.717) is 0 Å². The van der Waals surface area contributed by atoms with Crippen LogP contribution in [0.15, 0.2) is 152 Å². The van der Waals surface area contributed by atoms with Gasteiger partial charge in [0.05, 0.1) is 5.41 Å². The van der Waals surface area contributed by atoms with Gasteiger partial charge in [0, 0.05) is 12.4 Å². The molecule has 1 aromatic heterocycles. The van der Waals surface area contributed by atoms with E-state index in [0.717, 1.165) is 0 Å². The SMILES string of the molecule is c1ccc(-c2ccc(-c3cccc4c3-c3ccccc3C4(c3ccccc3)c3ccncc3)cc2)cc1. The zero-order valence-corrected chi connectivity index (χ0v) is 20.4. The molecule has 1 atom stereocenters. The van der Waals surface area contributed by atoms with Gasteiger partial charge in [-0.05, 0) is 67.8 Å². The average molecular weight is 472 g/mol. The molecule has 0 amide bonds. The summed E-state index contributed by atoms with van der Waals surface area (Å²) in [4.78, 5) is 4.35. The highest BCUT2D eigenvalue weighted by Gasteiger charge is 2.46. The van der Waals surface area contributed by atoms with E-state index in [1.54, 1.807) is 0 Å². The second kappa shape index (κ2) is 8.72. The molecular formula is C36H25N. The van der Waals surface area contributed by atoms with Crippen LogP contribution in [0, 0.1) is 0 Å². The number of benzene rings is 5. The van der Waals surface area contributed by atoms with Crippen molar-refractivity contribution in [2.75, 3.05) is 0 Å². The summed E-state index contributed by atoms with van der Waals surface area (Å²) in [5.41, 5.74) is 12.3. The Labute approximate surface area is 217 Å². The predicted molar refractivity (Wildman–Crippen MR) is 152 cm³/mol. The van der Waals surface area contributed by atoms with Gasteiger partial charge < -0.3 is 0 Å². The molecule has 0 spiro atoms. The zero-order chi connectivity index (χ0) is 24.7. The van der Waals surface area contributed by atoms with Crippen molar-refractivity contribution in [1.82, 2.24) is 4.98 Å². The number of fused-ring (bicyclic) bond motifs is 3. The van der Waals surface area contributed by atoms with Crippen LogP contribution in [0.5, 0.6) is 0 Å². The Hall–Kier alpha value is -4.75. The van der Waals surface area contributed by atoms with E-state index in [1.165, 1.54) is 55.6 Å². The van der Waals surface area contributed by atoms with Crippen LogP contribution in [0.4, 0.5) is 0 Å². The van der Waals surface area contributed by atoms with Crippen LogP contribution in [0.25, 0.3) is 33.4 Å². The second-order valence-corrected chi connectivity index (χ2v) is 9.57. The van der Waals surface area contributed by atoms with Crippen LogP contribution in [-0.4, -0.2) is 4.98 Å². The van der Waals surface area contributed by atoms with E-state index in [4.69, 9.17) is 0 Å². The third kappa shape index (κ3) is 3.28. The molecule has 0 fully saturated rings. The highest BCUT2D eigenvalue weighted by molar-refractivity contribution is 5.95. The molecule has 0 aliphatic heterocycles. The summed E-state index contributed by atoms with van der Waals surface area (Å²) >= 11 is 0. The summed E-state index contributed by atoms with van der Waals surface area (Å²) in [7, 11) is 0. The number of nitrogens with zero attached hydrogens (tertiary/aromatic N) is 1. The summed E-state index contributed by atoms with van der Waals surface area (Å²) in [6.45, 7) is 0. The lowest BCUT2D eigenvalue weighted by Gasteiger charge is -2.33. The molecule has 1 aliphatic rings. The minimum atomic E-state index is -0.407. The Morgan fingerprint density at radius 1 is 0.378 bits per heavy atom. The van der Waals surface area contributed by atoms with Crippen LogP contribution >= 0.6 is 0 Å². The fourth-order valence-corrected chi connectivity index (χ4v) is 6.12. The first-order chi connectivity index (χ1) is 18.4. The van der Waals surface area contributed by atoms with Gasteiger partial charge in [-0.15, -0.1) is 0 Å². The number of pyridine rings is 1. The van der Waals surface area contributed by atoms with Crippen molar-refractivity contribution < 1.29 is 0 Å². The molecule has 7 rings (SSSR count). The Kier molecular flexibility index (Phi) is 5.08. The van der Waals surface area contributed by atoms with E-state index in [9.17, 15) is 0 Å². The molecule has 37 heavy (non-hydrogen) atoms. The highest BCUT2D eigenvalue weighted by Crippen LogP contribution is 2.58. The van der Waals surface area contributed by atoms with E-state index >= 15 is 0 Å². The Morgan fingerprint density at radius 2 is 0.919 bits per heavy atom. The van der Waals surface area contributed by atoms with Crippen molar-refractivity contribution in [3.8, 4) is 33.4 Å². The summed E-state index contributed by atoms with van der Waals surface area (Å²) in [6, 6.07) is 50.5. The van der Waals surface area contributed by atoms with Crippen LogP contribution in [0.2, 0.25) is 0 Å². The fraction of sp³-hybridized carbons (Fsp3) is 0.0278. The maximum absolute atomic E-state index is 4.35. The van der Waals surface area contributed by atoms with Gasteiger partial charge in [0.2, 0.25) is 0 Å². The maximum Gasteiger partial charge on any atom is 0.0714 e. The topological polar surface area (TPSA) is 12.9 Å². The smallest absolute Gasteiger partial charge is 0.0714 e. The minimum Gasteiger partial charge on any atom is -0.265 e. The number of aromatic nitrogens is 1. The maximum atomic E-state index is 4.35. The molecule has 1 unspecified atom stereocenters. The Morgan fingerprint density at radius 3 is 1.68 bits per heavy atom. The lowest BCUT2D eigenvalue weighted by atomic mass is 9.68. The molecule has 174 valence electrons. The molecule has 0 saturated carbocycles. The standard InChI is InChI=1S/C36H25N/c1-3-10-26(11-4-1)27-18-20-28(21-19-27)31-15-9-17-34-35(31)32-14-7-8-16-33(32)36(34,29-12-5-2-6-13-29)30-22-24-37-25-23-30/h1-25H. The van der Waals surface area contributed by atoms with E-state index < -0.39 is 5.41 Å². The largest absolute Gasteiger partial charge is 0.265 e. The molecule has 6 aromatic rings. The van der Waals surface area contributed by atoms with E-state index in [1.807, 2.05) is 12.4 Å². The van der Waals surface area contributed by atoms with Crippen molar-refractivity contribution in [2.24, 2.45) is 0 Å². The van der Waals surface area contributed by atoms with Crippen molar-refractivity contribution in [3.63, 3.8) is 0 Å². The summed E-state index contributed by atoms with van der Waals surface area (Å²) in [5, 5.41) is 0. The first-order valence-corrected chi connectivity index (χ1v) is 12.7. The van der Waals surface area contributed by atoms with Gasteiger partial charge in [0.1, 0.15) is 0 Å². The van der Waals surface area contributed by atoms with Crippen molar-refractivity contribution in [2.45, 2.75) is 5.41 Å². The van der Waals surface area contributed by atoms with Gasteiger partial charge in [-0.25, -0.2) is 0 Å². The van der Waals surface area contributed by atoms with Crippen LogP contribution in [0.3, 0.4) is 0 Å². The summed E-state index contributed by atoms with van der Waals surface area (Å²) in [6.07, 6.45) is 3.82. The van der Waals surface area contributed by atoms with Gasteiger partial charge in [-0.2, -0.15) is 0 Å². The quantitative estimate of drug-likeness (QED) is 0.250. The van der Waals surface area contributed by atoms with Gasteiger partial charge >= 0.3 is 0 Å². The lowest BCUT2D eigenvalue weighted by Crippen LogP contribution is -2.28. The Balaban J connectivity index is 1.50. The third-order valence-corrected chi connectivity index (χ3v) is 7.69. The third-order valence-electron chi connectivity index (χ3n) is 7.69. The number of hydrogen-bond donors (Lipinski definition) is 0. The molecule has 5 aromatic carbocycles. The summed E-state index contributed by atoms with van der Waals surface area (Å²) in [5.74, 6) is 0. The van der Waals surface area contributed by atoms with Crippen LogP contribution < -0.4 is 0 Å². The molecule has 1 heteroatoms. The number of rotatable bonds is 4. The van der Waals surface area contributed by atoms with Gasteiger partial charge in [0.25, 0.3) is 0 Å². The first kappa shape index (κ1) is 21.5. The van der Waals surface area contributed by atoms with Gasteiger partial charge in [-0.3, -0.25) is 4.98 Å². The zero-order valence-electron chi connectivity index (χ0n) is 20.4. The van der Waals surface area contributed by atoms with Crippen LogP contribution in [-0.2, 0) is 5.41 Å². The van der Waals surface area contributed by atoms with E-state index in [-0.39, 0.29) is 0 Å². The molecule has 0 radical (unpaired) electrons. The molecule has 1 aliphatic carbocycles. The van der Waals surface area contributed by atoms with Gasteiger partial charge in [0.15, 0.2) is 0 Å². The monoisotopic (exact) mass is 471 g/mol. The molecule has 1 nitrogen and oxygen atoms in total. The van der Waals surface area contributed by atoms with Crippen LogP contribution in [0.1, 0.15) is 22.3 Å². The van der Waals surface area contributed by atoms with Crippen molar-refractivity contribution >= 4 is 0 Å². The minimum absolute atomic E-state index is 0.407. The van der Waals surface area contributed by atoms with E-state index in [2.05, 4.69) is 145 Å². The molecular weight excluding hydrogens is 446 g/mol.